The maximum Gasteiger partial charge on any atom is 0.306 e. The predicted molar refractivity (Wildman–Crippen MR) is 130 cm³/mol. The number of nitrogens with zero attached hydrogens (tertiary/aromatic N) is 2. The Bertz CT molecular complexity index is 888. The lowest BCUT2D eigenvalue weighted by Gasteiger charge is -2.24. The summed E-state index contributed by atoms with van der Waals surface area (Å²) in [6, 6.07) is 3.69. The van der Waals surface area contributed by atoms with Gasteiger partial charge in [-0.2, -0.15) is 4.99 Å². The minimum Gasteiger partial charge on any atom is -0.463 e. The summed E-state index contributed by atoms with van der Waals surface area (Å²) in [5, 5.41) is 0. The van der Waals surface area contributed by atoms with Crippen molar-refractivity contribution in [3.8, 4) is 0 Å². The van der Waals surface area contributed by atoms with Gasteiger partial charge >= 0.3 is 5.97 Å². The molecule has 2 fully saturated rings. The van der Waals surface area contributed by atoms with Crippen molar-refractivity contribution in [3.05, 3.63) is 23.5 Å². The molecule has 1 aliphatic heterocycles. The van der Waals surface area contributed by atoms with E-state index >= 15 is 0 Å². The van der Waals surface area contributed by atoms with Crippen LogP contribution in [0.2, 0.25) is 0 Å². The molecule has 1 aliphatic carbocycles. The number of aliphatic imine (C=N–C) groups is 2. The van der Waals surface area contributed by atoms with Gasteiger partial charge in [0.1, 0.15) is 12.2 Å². The van der Waals surface area contributed by atoms with Gasteiger partial charge in [-0.05, 0) is 64.0 Å². The van der Waals surface area contributed by atoms with Crippen LogP contribution in [0.3, 0.4) is 0 Å². The summed E-state index contributed by atoms with van der Waals surface area (Å²) in [4.78, 5) is 36.2. The Morgan fingerprint density at radius 1 is 1.26 bits per heavy atom. The SMILES string of the molecule is CCCCOC(C)(C)C(=O)N=C(N=CN)c1ccc(C2CCC(COC(=O)CC3CCC3)O2)[nH]1. The number of carbonyl (C=O) groups is 2. The third-order valence-electron chi connectivity index (χ3n) is 6.39. The van der Waals surface area contributed by atoms with E-state index in [1.807, 2.05) is 6.07 Å². The number of esters is 1. The normalized spacial score (nSPS) is 21.7. The maximum absolute atomic E-state index is 12.7. The highest BCUT2D eigenvalue weighted by molar-refractivity contribution is 6.08. The second-order valence-corrected chi connectivity index (χ2v) is 9.57. The molecule has 3 N–H and O–H groups in total. The lowest BCUT2D eigenvalue weighted by atomic mass is 9.83. The van der Waals surface area contributed by atoms with Crippen molar-refractivity contribution >= 4 is 24.1 Å². The van der Waals surface area contributed by atoms with Crippen LogP contribution in [0, 0.1) is 5.92 Å². The number of aromatic amines is 1. The monoisotopic (exact) mass is 474 g/mol. The van der Waals surface area contributed by atoms with Gasteiger partial charge in [0.2, 0.25) is 0 Å². The minimum absolute atomic E-state index is 0.125. The molecule has 3 rings (SSSR count). The lowest BCUT2D eigenvalue weighted by molar-refractivity contribution is -0.149. The molecule has 1 aromatic rings. The summed E-state index contributed by atoms with van der Waals surface area (Å²) in [5.74, 6) is 0.117. The fourth-order valence-corrected chi connectivity index (χ4v) is 3.96. The lowest BCUT2D eigenvalue weighted by Crippen LogP contribution is -2.34. The van der Waals surface area contributed by atoms with Gasteiger partial charge in [-0.15, -0.1) is 0 Å². The van der Waals surface area contributed by atoms with Crippen molar-refractivity contribution in [1.29, 1.82) is 0 Å². The standard InChI is InChI=1S/C25H38N4O5/c1-4-5-13-33-25(2,3)24(31)29-23(27-16-26)20-11-10-19(28-20)21-12-9-18(34-21)15-32-22(30)14-17-7-6-8-17/h10-11,16-18,21,28H,4-9,12-15H2,1-3H3,(H2,26,27,29,31). The number of ether oxygens (including phenoxy) is 3. The highest BCUT2D eigenvalue weighted by atomic mass is 16.6. The Hall–Kier alpha value is -2.52. The highest BCUT2D eigenvalue weighted by Gasteiger charge is 2.31. The second-order valence-electron chi connectivity index (χ2n) is 9.57. The third-order valence-corrected chi connectivity index (χ3v) is 6.39. The minimum atomic E-state index is -1.06. The van der Waals surface area contributed by atoms with Crippen molar-refractivity contribution < 1.29 is 23.8 Å². The average Bonchev–Trinajstić information content (AvgIpc) is 3.44. The average molecular weight is 475 g/mol. The van der Waals surface area contributed by atoms with Gasteiger partial charge < -0.3 is 24.9 Å². The van der Waals surface area contributed by atoms with Crippen LogP contribution in [0.1, 0.15) is 89.6 Å². The van der Waals surface area contributed by atoms with Crippen molar-refractivity contribution in [2.75, 3.05) is 13.2 Å². The van der Waals surface area contributed by atoms with Crippen LogP contribution in [0.25, 0.3) is 0 Å². The van der Waals surface area contributed by atoms with Gasteiger partial charge in [-0.1, -0.05) is 19.8 Å². The molecule has 1 amide bonds. The first-order valence-electron chi connectivity index (χ1n) is 12.3. The van der Waals surface area contributed by atoms with Crippen molar-refractivity contribution in [1.82, 2.24) is 4.98 Å². The van der Waals surface area contributed by atoms with E-state index in [0.717, 1.165) is 50.6 Å². The Kier molecular flexibility index (Phi) is 9.41. The number of amidine groups is 1. The first-order valence-corrected chi connectivity index (χ1v) is 12.3. The number of H-pyrrole nitrogens is 1. The summed E-state index contributed by atoms with van der Waals surface area (Å²) >= 11 is 0. The molecule has 9 heteroatoms. The largest absolute Gasteiger partial charge is 0.463 e. The van der Waals surface area contributed by atoms with Crippen LogP contribution < -0.4 is 5.73 Å². The molecule has 0 radical (unpaired) electrons. The zero-order chi connectivity index (χ0) is 24.6. The number of rotatable bonds is 11. The fraction of sp³-hybridized carbons (Fsp3) is 0.680. The summed E-state index contributed by atoms with van der Waals surface area (Å²) in [7, 11) is 0. The molecule has 9 nitrogen and oxygen atoms in total. The molecular weight excluding hydrogens is 436 g/mol. The van der Waals surface area contributed by atoms with E-state index in [-0.39, 0.29) is 30.6 Å². The van der Waals surface area contributed by atoms with Crippen molar-refractivity contribution in [2.24, 2.45) is 21.6 Å². The molecule has 2 aliphatic rings. The zero-order valence-electron chi connectivity index (χ0n) is 20.5. The molecule has 1 saturated heterocycles. The van der Waals surface area contributed by atoms with E-state index in [1.165, 1.54) is 6.42 Å². The van der Waals surface area contributed by atoms with Crippen LogP contribution in [0.15, 0.2) is 22.1 Å². The molecular formula is C25H38N4O5. The summed E-state index contributed by atoms with van der Waals surface area (Å²) < 4.78 is 17.2. The number of nitrogens with two attached hydrogens (primary N) is 1. The number of unbranched alkanes of at least 4 members (excludes halogenated alkanes) is 1. The summed E-state index contributed by atoms with van der Waals surface area (Å²) in [6.07, 6.45) is 8.26. The zero-order valence-corrected chi connectivity index (χ0v) is 20.5. The second kappa shape index (κ2) is 12.3. The van der Waals surface area contributed by atoms with E-state index in [4.69, 9.17) is 19.9 Å². The predicted octanol–water partition coefficient (Wildman–Crippen LogP) is 3.82. The van der Waals surface area contributed by atoms with E-state index < -0.39 is 11.5 Å². The van der Waals surface area contributed by atoms with E-state index in [0.29, 0.717) is 24.6 Å². The third kappa shape index (κ3) is 7.24. The Balaban J connectivity index is 1.57. The van der Waals surface area contributed by atoms with Gasteiger partial charge in [-0.3, -0.25) is 9.59 Å². The molecule has 2 atom stereocenters. The van der Waals surface area contributed by atoms with Crippen LogP contribution in [0.4, 0.5) is 0 Å². The number of carbonyl (C=O) groups excluding carboxylic acids is 2. The molecule has 0 bridgehead atoms. The smallest absolute Gasteiger partial charge is 0.306 e. The van der Waals surface area contributed by atoms with Gasteiger partial charge in [0, 0.05) is 18.7 Å². The van der Waals surface area contributed by atoms with E-state index in [1.54, 1.807) is 19.9 Å². The first-order chi connectivity index (χ1) is 16.3. The molecule has 0 spiro atoms. The maximum atomic E-state index is 12.7. The van der Waals surface area contributed by atoms with Gasteiger partial charge in [-0.25, -0.2) is 4.99 Å². The van der Waals surface area contributed by atoms with Crippen LogP contribution in [-0.2, 0) is 23.8 Å². The molecule has 34 heavy (non-hydrogen) atoms. The van der Waals surface area contributed by atoms with Crippen molar-refractivity contribution in [3.63, 3.8) is 0 Å². The fourth-order valence-electron chi connectivity index (χ4n) is 3.96. The number of hydrogen-bond donors (Lipinski definition) is 2. The summed E-state index contributed by atoms with van der Waals surface area (Å²) in [5.41, 5.74) is 5.86. The molecule has 1 aromatic heterocycles. The topological polar surface area (TPSA) is 128 Å². The Morgan fingerprint density at radius 3 is 2.74 bits per heavy atom. The van der Waals surface area contributed by atoms with E-state index in [2.05, 4.69) is 21.9 Å². The van der Waals surface area contributed by atoms with Gasteiger partial charge in [0.05, 0.1) is 24.2 Å². The Morgan fingerprint density at radius 2 is 2.06 bits per heavy atom. The van der Waals surface area contributed by atoms with Crippen LogP contribution in [-0.4, -0.2) is 54.0 Å². The van der Waals surface area contributed by atoms with Crippen LogP contribution >= 0.6 is 0 Å². The van der Waals surface area contributed by atoms with Crippen LogP contribution in [0.5, 0.6) is 0 Å². The molecule has 188 valence electrons. The first kappa shape index (κ1) is 26.1. The van der Waals surface area contributed by atoms with Gasteiger partial charge in [0.15, 0.2) is 5.84 Å². The van der Waals surface area contributed by atoms with Crippen molar-refractivity contribution in [2.45, 2.75) is 89.9 Å². The number of nitrogens with one attached hydrogen (secondary N) is 1. The van der Waals surface area contributed by atoms with Gasteiger partial charge in [0.25, 0.3) is 5.91 Å². The molecule has 0 aromatic carbocycles. The molecule has 2 unspecified atom stereocenters. The van der Waals surface area contributed by atoms with E-state index in [9.17, 15) is 9.59 Å². The highest BCUT2D eigenvalue weighted by Crippen LogP contribution is 2.33. The quantitative estimate of drug-likeness (QED) is 0.217. The number of aromatic nitrogens is 1. The summed E-state index contributed by atoms with van der Waals surface area (Å²) in [6.45, 7) is 6.23. The molecule has 1 saturated carbocycles. The molecule has 2 heterocycles. The Labute approximate surface area is 201 Å². The number of hydrogen-bond acceptors (Lipinski definition) is 5. The number of amides is 1.